The van der Waals surface area contributed by atoms with Gasteiger partial charge in [-0.15, -0.1) is 0 Å². The molecule has 18 heavy (non-hydrogen) atoms. The molecular weight excluding hydrogens is 234 g/mol. The van der Waals surface area contributed by atoms with Crippen molar-refractivity contribution in [3.8, 4) is 11.5 Å². The molecule has 100 valence electrons. The molecule has 0 aromatic heterocycles. The van der Waals surface area contributed by atoms with Gasteiger partial charge in [-0.05, 0) is 20.0 Å². The summed E-state index contributed by atoms with van der Waals surface area (Å²) in [5.41, 5.74) is 0.932. The molecule has 0 aliphatic rings. The quantitative estimate of drug-likeness (QED) is 0.743. The molecule has 0 saturated carbocycles. The van der Waals surface area contributed by atoms with Crippen molar-refractivity contribution in [1.82, 2.24) is 5.32 Å². The van der Waals surface area contributed by atoms with Crippen molar-refractivity contribution in [2.45, 2.75) is 13.5 Å². The Balaban J connectivity index is 2.80. The summed E-state index contributed by atoms with van der Waals surface area (Å²) in [6.07, 6.45) is 0. The molecule has 0 amide bonds. The first-order valence-electron chi connectivity index (χ1n) is 5.81. The Morgan fingerprint density at radius 2 is 2.17 bits per heavy atom. The second-order valence-electron chi connectivity index (χ2n) is 3.57. The standard InChI is InChI=1S/C13H19NO4/c1-4-17-12(15)9-18-13-10(8-14-2)6-5-7-11(13)16-3/h5-7,14H,4,8-9H2,1-3H3. The largest absolute Gasteiger partial charge is 0.493 e. The number of ether oxygens (including phenoxy) is 3. The molecule has 1 N–H and O–H groups in total. The van der Waals surface area contributed by atoms with Gasteiger partial charge in [0.1, 0.15) is 0 Å². The lowest BCUT2D eigenvalue weighted by molar-refractivity contribution is -0.145. The third kappa shape index (κ3) is 3.92. The number of nitrogens with one attached hydrogen (secondary N) is 1. The maximum absolute atomic E-state index is 11.3. The summed E-state index contributed by atoms with van der Waals surface area (Å²) >= 11 is 0. The molecule has 0 bridgehead atoms. The zero-order valence-electron chi connectivity index (χ0n) is 11.0. The minimum absolute atomic E-state index is 0.120. The predicted molar refractivity (Wildman–Crippen MR) is 67.9 cm³/mol. The van der Waals surface area contributed by atoms with Crippen molar-refractivity contribution >= 4 is 5.97 Å². The maximum atomic E-state index is 11.3. The number of carbonyl (C=O) groups is 1. The van der Waals surface area contributed by atoms with E-state index in [0.29, 0.717) is 24.7 Å². The molecule has 0 radical (unpaired) electrons. The van der Waals surface area contributed by atoms with Gasteiger partial charge in [-0.2, -0.15) is 0 Å². The van der Waals surface area contributed by atoms with Crippen molar-refractivity contribution in [2.24, 2.45) is 0 Å². The van der Waals surface area contributed by atoms with Gasteiger partial charge >= 0.3 is 5.97 Å². The van der Waals surface area contributed by atoms with Gasteiger partial charge < -0.3 is 19.5 Å². The van der Waals surface area contributed by atoms with E-state index in [9.17, 15) is 4.79 Å². The SMILES string of the molecule is CCOC(=O)COc1c(CNC)cccc1OC. The summed E-state index contributed by atoms with van der Waals surface area (Å²) in [7, 11) is 3.41. The zero-order valence-corrected chi connectivity index (χ0v) is 11.0. The number of carbonyl (C=O) groups excluding carboxylic acids is 1. The summed E-state index contributed by atoms with van der Waals surface area (Å²) in [5, 5.41) is 3.04. The lowest BCUT2D eigenvalue weighted by atomic mass is 10.2. The molecule has 0 spiro atoms. The fourth-order valence-corrected chi connectivity index (χ4v) is 1.55. The van der Waals surface area contributed by atoms with E-state index in [0.717, 1.165) is 5.56 Å². The van der Waals surface area contributed by atoms with Crippen molar-refractivity contribution in [3.63, 3.8) is 0 Å². The van der Waals surface area contributed by atoms with Crippen LogP contribution in [0, 0.1) is 0 Å². The third-order valence-corrected chi connectivity index (χ3v) is 2.29. The predicted octanol–water partition coefficient (Wildman–Crippen LogP) is 1.36. The van der Waals surface area contributed by atoms with Crippen LogP contribution in [0.3, 0.4) is 0 Å². The molecular formula is C13H19NO4. The zero-order chi connectivity index (χ0) is 13.4. The molecule has 0 saturated heterocycles. The third-order valence-electron chi connectivity index (χ3n) is 2.29. The van der Waals surface area contributed by atoms with E-state index in [1.165, 1.54) is 0 Å². The Kier molecular flexibility index (Phi) is 6.00. The van der Waals surface area contributed by atoms with E-state index in [4.69, 9.17) is 14.2 Å². The van der Waals surface area contributed by atoms with Crippen LogP contribution in [-0.4, -0.2) is 33.3 Å². The van der Waals surface area contributed by atoms with Crippen molar-refractivity contribution in [1.29, 1.82) is 0 Å². The minimum atomic E-state index is -0.390. The summed E-state index contributed by atoms with van der Waals surface area (Å²) < 4.78 is 15.5. The van der Waals surface area contributed by atoms with E-state index in [-0.39, 0.29) is 12.6 Å². The van der Waals surface area contributed by atoms with Gasteiger partial charge in [0.05, 0.1) is 13.7 Å². The van der Waals surface area contributed by atoms with E-state index >= 15 is 0 Å². The minimum Gasteiger partial charge on any atom is -0.493 e. The van der Waals surface area contributed by atoms with Crippen LogP contribution in [0.15, 0.2) is 18.2 Å². The van der Waals surface area contributed by atoms with Gasteiger partial charge in [0, 0.05) is 12.1 Å². The van der Waals surface area contributed by atoms with Crippen LogP contribution >= 0.6 is 0 Å². The van der Waals surface area contributed by atoms with Crippen LogP contribution in [0.5, 0.6) is 11.5 Å². The van der Waals surface area contributed by atoms with Gasteiger partial charge in [-0.1, -0.05) is 12.1 Å². The monoisotopic (exact) mass is 253 g/mol. The van der Waals surface area contributed by atoms with Crippen LogP contribution in [0.2, 0.25) is 0 Å². The Morgan fingerprint density at radius 3 is 2.78 bits per heavy atom. The average molecular weight is 253 g/mol. The number of rotatable bonds is 7. The molecule has 1 aromatic carbocycles. The van der Waals surface area contributed by atoms with E-state index < -0.39 is 0 Å². The van der Waals surface area contributed by atoms with Crippen LogP contribution in [0.25, 0.3) is 0 Å². The fraction of sp³-hybridized carbons (Fsp3) is 0.462. The van der Waals surface area contributed by atoms with Crippen molar-refractivity contribution in [2.75, 3.05) is 27.4 Å². The average Bonchev–Trinajstić information content (AvgIpc) is 2.37. The smallest absolute Gasteiger partial charge is 0.344 e. The molecule has 1 rings (SSSR count). The molecule has 0 fully saturated rings. The highest BCUT2D eigenvalue weighted by Crippen LogP contribution is 2.30. The summed E-state index contributed by atoms with van der Waals surface area (Å²) in [6, 6.07) is 5.59. The summed E-state index contributed by atoms with van der Waals surface area (Å²) in [6.45, 7) is 2.62. The maximum Gasteiger partial charge on any atom is 0.344 e. The molecule has 5 nitrogen and oxygen atoms in total. The number of para-hydroxylation sites is 1. The molecule has 0 aliphatic carbocycles. The van der Waals surface area contributed by atoms with Gasteiger partial charge in [-0.25, -0.2) is 4.79 Å². The lowest BCUT2D eigenvalue weighted by Gasteiger charge is -2.14. The first-order chi connectivity index (χ1) is 8.72. The Bertz CT molecular complexity index is 393. The summed E-state index contributed by atoms with van der Waals surface area (Å²) in [5.74, 6) is 0.785. The van der Waals surface area contributed by atoms with Crippen LogP contribution in [0.4, 0.5) is 0 Å². The van der Waals surface area contributed by atoms with E-state index in [2.05, 4.69) is 5.32 Å². The van der Waals surface area contributed by atoms with Gasteiger partial charge in [0.15, 0.2) is 18.1 Å². The number of hydrogen-bond acceptors (Lipinski definition) is 5. The Labute approximate surface area is 107 Å². The van der Waals surface area contributed by atoms with Crippen molar-refractivity contribution < 1.29 is 19.0 Å². The van der Waals surface area contributed by atoms with Gasteiger partial charge in [0.2, 0.25) is 0 Å². The van der Waals surface area contributed by atoms with Crippen LogP contribution < -0.4 is 14.8 Å². The highest BCUT2D eigenvalue weighted by atomic mass is 16.6. The molecule has 0 aliphatic heterocycles. The number of methoxy groups -OCH3 is 1. The Morgan fingerprint density at radius 1 is 1.39 bits per heavy atom. The topological polar surface area (TPSA) is 56.8 Å². The first-order valence-corrected chi connectivity index (χ1v) is 5.81. The molecule has 0 atom stereocenters. The molecule has 0 unspecified atom stereocenters. The van der Waals surface area contributed by atoms with Crippen LogP contribution in [0.1, 0.15) is 12.5 Å². The van der Waals surface area contributed by atoms with Crippen molar-refractivity contribution in [3.05, 3.63) is 23.8 Å². The second-order valence-corrected chi connectivity index (χ2v) is 3.57. The van der Waals surface area contributed by atoms with E-state index in [1.807, 2.05) is 19.2 Å². The van der Waals surface area contributed by atoms with Gasteiger partial charge in [-0.3, -0.25) is 0 Å². The number of hydrogen-bond donors (Lipinski definition) is 1. The normalized spacial score (nSPS) is 9.94. The first kappa shape index (κ1) is 14.3. The lowest BCUT2D eigenvalue weighted by Crippen LogP contribution is -2.16. The molecule has 0 heterocycles. The number of benzene rings is 1. The fourth-order valence-electron chi connectivity index (χ4n) is 1.55. The highest BCUT2D eigenvalue weighted by Gasteiger charge is 2.12. The van der Waals surface area contributed by atoms with Gasteiger partial charge in [0.25, 0.3) is 0 Å². The second kappa shape index (κ2) is 7.55. The highest BCUT2D eigenvalue weighted by molar-refractivity contribution is 5.71. The number of esters is 1. The van der Waals surface area contributed by atoms with Crippen LogP contribution in [-0.2, 0) is 16.1 Å². The summed E-state index contributed by atoms with van der Waals surface area (Å²) in [4.78, 5) is 11.3. The molecule has 1 aromatic rings. The molecule has 5 heteroatoms. The Hall–Kier alpha value is -1.75. The van der Waals surface area contributed by atoms with E-state index in [1.54, 1.807) is 20.1 Å².